The number of aromatic nitrogens is 4. The smallest absolute Gasteiger partial charge is 0.145 e. The molecule has 0 amide bonds. The van der Waals surface area contributed by atoms with Gasteiger partial charge in [0.1, 0.15) is 11.6 Å². The molecule has 0 radical (unpaired) electrons. The number of aryl methyl sites for hydroxylation is 1. The molecule has 136 valence electrons. The minimum Gasteiger partial charge on any atom is -0.394 e. The van der Waals surface area contributed by atoms with E-state index in [2.05, 4.69) is 25.5 Å². The maximum atomic E-state index is 14.0. The zero-order chi connectivity index (χ0) is 18.8. The van der Waals surface area contributed by atoms with E-state index in [0.717, 1.165) is 22.2 Å². The summed E-state index contributed by atoms with van der Waals surface area (Å²) in [5.41, 5.74) is 3.82. The molecule has 0 saturated heterocycles. The number of halogens is 1. The Labute approximate surface area is 155 Å². The normalized spacial score (nSPS) is 12.3. The van der Waals surface area contributed by atoms with Crippen LogP contribution in [0.15, 0.2) is 54.9 Å². The number of benzene rings is 2. The number of rotatable bonds is 5. The van der Waals surface area contributed by atoms with Gasteiger partial charge >= 0.3 is 0 Å². The first-order valence-corrected chi connectivity index (χ1v) is 8.54. The standard InChI is InChI=1S/C20H18FN5O/c1-12-15-8-13(6-7-17(15)26-25-12)18-9-22-10-20(23-18)24-19(11-27)14-4-2-3-5-16(14)21/h2-10,19,27H,11H2,1H3,(H,23,24)(H,25,26). The van der Waals surface area contributed by atoms with Gasteiger partial charge < -0.3 is 10.4 Å². The number of aliphatic hydroxyl groups is 1. The van der Waals surface area contributed by atoms with Gasteiger partial charge in [0.15, 0.2) is 0 Å². The lowest BCUT2D eigenvalue weighted by molar-refractivity contribution is 0.273. The fourth-order valence-corrected chi connectivity index (χ4v) is 3.03. The molecule has 0 aliphatic carbocycles. The second-order valence-electron chi connectivity index (χ2n) is 6.27. The van der Waals surface area contributed by atoms with Gasteiger partial charge in [0.2, 0.25) is 0 Å². The summed E-state index contributed by atoms with van der Waals surface area (Å²) in [5, 5.41) is 21.0. The highest BCUT2D eigenvalue weighted by atomic mass is 19.1. The Morgan fingerprint density at radius 1 is 1.19 bits per heavy atom. The minimum absolute atomic E-state index is 0.271. The summed E-state index contributed by atoms with van der Waals surface area (Å²) in [6, 6.07) is 11.6. The lowest BCUT2D eigenvalue weighted by Crippen LogP contribution is -2.17. The maximum Gasteiger partial charge on any atom is 0.145 e. The van der Waals surface area contributed by atoms with Crippen LogP contribution in [0.25, 0.3) is 22.2 Å². The van der Waals surface area contributed by atoms with Gasteiger partial charge in [-0.05, 0) is 25.1 Å². The van der Waals surface area contributed by atoms with Gasteiger partial charge in [-0.25, -0.2) is 9.37 Å². The Morgan fingerprint density at radius 2 is 2.04 bits per heavy atom. The molecule has 27 heavy (non-hydrogen) atoms. The van der Waals surface area contributed by atoms with Crippen LogP contribution in [0.4, 0.5) is 10.2 Å². The number of aromatic amines is 1. The largest absolute Gasteiger partial charge is 0.394 e. The molecule has 4 rings (SSSR count). The van der Waals surface area contributed by atoms with Crippen LogP contribution in [0.3, 0.4) is 0 Å². The fourth-order valence-electron chi connectivity index (χ4n) is 3.03. The van der Waals surface area contributed by atoms with E-state index in [0.29, 0.717) is 17.1 Å². The van der Waals surface area contributed by atoms with Crippen molar-refractivity contribution in [2.24, 2.45) is 0 Å². The van der Waals surface area contributed by atoms with Gasteiger partial charge in [-0.3, -0.25) is 10.1 Å². The van der Waals surface area contributed by atoms with Crippen LogP contribution in [-0.4, -0.2) is 31.9 Å². The maximum absolute atomic E-state index is 14.0. The Kier molecular flexibility index (Phi) is 4.52. The lowest BCUT2D eigenvalue weighted by Gasteiger charge is -2.18. The van der Waals surface area contributed by atoms with Crippen LogP contribution in [0.5, 0.6) is 0 Å². The van der Waals surface area contributed by atoms with Crippen molar-refractivity contribution in [3.05, 3.63) is 71.9 Å². The molecule has 0 spiro atoms. The van der Waals surface area contributed by atoms with Crippen molar-refractivity contribution >= 4 is 16.7 Å². The second kappa shape index (κ2) is 7.13. The van der Waals surface area contributed by atoms with Crippen LogP contribution in [0, 0.1) is 12.7 Å². The average Bonchev–Trinajstić information content (AvgIpc) is 3.07. The van der Waals surface area contributed by atoms with E-state index in [-0.39, 0.29) is 12.4 Å². The van der Waals surface area contributed by atoms with E-state index in [1.54, 1.807) is 30.6 Å². The van der Waals surface area contributed by atoms with Crippen LogP contribution in [-0.2, 0) is 0 Å². The molecule has 0 saturated carbocycles. The first-order valence-electron chi connectivity index (χ1n) is 8.54. The van der Waals surface area contributed by atoms with Gasteiger partial charge in [0, 0.05) is 22.2 Å². The molecule has 7 heteroatoms. The topological polar surface area (TPSA) is 86.7 Å². The van der Waals surface area contributed by atoms with Gasteiger partial charge in [-0.15, -0.1) is 0 Å². The Balaban J connectivity index is 1.65. The Hall–Kier alpha value is -3.32. The van der Waals surface area contributed by atoms with E-state index in [1.165, 1.54) is 6.07 Å². The van der Waals surface area contributed by atoms with E-state index < -0.39 is 6.04 Å². The minimum atomic E-state index is -0.616. The van der Waals surface area contributed by atoms with Crippen molar-refractivity contribution in [2.75, 3.05) is 11.9 Å². The first kappa shape index (κ1) is 17.1. The van der Waals surface area contributed by atoms with Gasteiger partial charge in [-0.1, -0.05) is 24.3 Å². The molecule has 4 aromatic rings. The summed E-state index contributed by atoms with van der Waals surface area (Å²) >= 11 is 0. The quantitative estimate of drug-likeness (QED) is 0.504. The molecule has 2 heterocycles. The Bertz CT molecular complexity index is 1090. The van der Waals surface area contributed by atoms with Gasteiger partial charge in [-0.2, -0.15) is 5.10 Å². The van der Waals surface area contributed by atoms with Gasteiger partial charge in [0.25, 0.3) is 0 Å². The third kappa shape index (κ3) is 3.37. The molecule has 1 atom stereocenters. The highest BCUT2D eigenvalue weighted by Crippen LogP contribution is 2.25. The third-order valence-corrected chi connectivity index (χ3v) is 4.46. The van der Waals surface area contributed by atoms with Crippen LogP contribution < -0.4 is 5.32 Å². The van der Waals surface area contributed by atoms with Crippen molar-refractivity contribution in [3.8, 4) is 11.3 Å². The zero-order valence-electron chi connectivity index (χ0n) is 14.6. The summed E-state index contributed by atoms with van der Waals surface area (Å²) in [6.07, 6.45) is 3.22. The Morgan fingerprint density at radius 3 is 2.85 bits per heavy atom. The number of anilines is 1. The van der Waals surface area contributed by atoms with Crippen LogP contribution >= 0.6 is 0 Å². The summed E-state index contributed by atoms with van der Waals surface area (Å²) in [4.78, 5) is 8.80. The highest BCUT2D eigenvalue weighted by molar-refractivity contribution is 5.85. The third-order valence-electron chi connectivity index (χ3n) is 4.46. The number of aliphatic hydroxyl groups excluding tert-OH is 1. The van der Waals surface area contributed by atoms with E-state index in [1.807, 2.05) is 25.1 Å². The van der Waals surface area contributed by atoms with Crippen molar-refractivity contribution < 1.29 is 9.50 Å². The molecule has 3 N–H and O–H groups in total. The average molecular weight is 363 g/mol. The summed E-state index contributed by atoms with van der Waals surface area (Å²) in [7, 11) is 0. The number of nitrogens with zero attached hydrogens (tertiary/aromatic N) is 3. The van der Waals surface area contributed by atoms with Crippen molar-refractivity contribution in [3.63, 3.8) is 0 Å². The molecular formula is C20H18FN5O. The molecule has 0 aliphatic rings. The number of hydrogen-bond donors (Lipinski definition) is 3. The molecule has 2 aromatic carbocycles. The van der Waals surface area contributed by atoms with Gasteiger partial charge in [0.05, 0.1) is 36.3 Å². The monoisotopic (exact) mass is 363 g/mol. The molecule has 1 unspecified atom stereocenters. The molecular weight excluding hydrogens is 345 g/mol. The summed E-state index contributed by atoms with van der Waals surface area (Å²) in [6.45, 7) is 1.69. The lowest BCUT2D eigenvalue weighted by atomic mass is 10.1. The van der Waals surface area contributed by atoms with E-state index in [4.69, 9.17) is 0 Å². The molecule has 0 aliphatic heterocycles. The van der Waals surface area contributed by atoms with Crippen LogP contribution in [0.1, 0.15) is 17.3 Å². The second-order valence-corrected chi connectivity index (χ2v) is 6.27. The van der Waals surface area contributed by atoms with E-state index >= 15 is 0 Å². The highest BCUT2D eigenvalue weighted by Gasteiger charge is 2.15. The predicted molar refractivity (Wildman–Crippen MR) is 102 cm³/mol. The number of hydrogen-bond acceptors (Lipinski definition) is 5. The zero-order valence-corrected chi connectivity index (χ0v) is 14.6. The fraction of sp³-hybridized carbons (Fsp3) is 0.150. The molecule has 6 nitrogen and oxygen atoms in total. The van der Waals surface area contributed by atoms with Crippen molar-refractivity contribution in [1.82, 2.24) is 20.2 Å². The van der Waals surface area contributed by atoms with Crippen molar-refractivity contribution in [2.45, 2.75) is 13.0 Å². The van der Waals surface area contributed by atoms with E-state index in [9.17, 15) is 9.50 Å². The molecule has 0 fully saturated rings. The number of fused-ring (bicyclic) bond motifs is 1. The van der Waals surface area contributed by atoms with Crippen molar-refractivity contribution in [1.29, 1.82) is 0 Å². The molecule has 2 aromatic heterocycles. The number of nitrogens with one attached hydrogen (secondary N) is 2. The SMILES string of the molecule is Cc1[nH]nc2ccc(-c3cncc(NC(CO)c4ccccc4F)n3)cc12. The summed E-state index contributed by atoms with van der Waals surface area (Å²) in [5.74, 6) is 0.0767. The molecule has 0 bridgehead atoms. The number of H-pyrrole nitrogens is 1. The van der Waals surface area contributed by atoms with Crippen LogP contribution in [0.2, 0.25) is 0 Å². The summed E-state index contributed by atoms with van der Waals surface area (Å²) < 4.78 is 14.0. The first-order chi connectivity index (χ1) is 13.2. The predicted octanol–water partition coefficient (Wildman–Crippen LogP) is 3.61.